The van der Waals surface area contributed by atoms with E-state index in [9.17, 15) is 4.79 Å². The average molecular weight is 158 g/mol. The zero-order valence-corrected chi connectivity index (χ0v) is 6.91. The fourth-order valence-corrected chi connectivity index (χ4v) is 1.53. The van der Waals surface area contributed by atoms with Gasteiger partial charge in [-0.25, -0.2) is 0 Å². The van der Waals surface area contributed by atoms with Gasteiger partial charge in [-0.05, 0) is 12.3 Å². The van der Waals surface area contributed by atoms with E-state index in [1.165, 1.54) is 0 Å². The van der Waals surface area contributed by atoms with Crippen molar-refractivity contribution in [2.45, 2.75) is 26.4 Å². The van der Waals surface area contributed by atoms with Crippen molar-refractivity contribution >= 4 is 5.97 Å². The zero-order valence-electron chi connectivity index (χ0n) is 6.91. The number of aliphatic carboxylic acids is 1. The standard InChI is InChI=1S/C8H14O3/c1-5(2)7-6(8(9)10)3-4-11-7/h5-7H,3-4H2,1-2H3,(H,9,10). The summed E-state index contributed by atoms with van der Waals surface area (Å²) >= 11 is 0. The van der Waals surface area contributed by atoms with E-state index in [2.05, 4.69) is 0 Å². The molecule has 0 aliphatic carbocycles. The van der Waals surface area contributed by atoms with Crippen molar-refractivity contribution in [3.63, 3.8) is 0 Å². The van der Waals surface area contributed by atoms with Crippen LogP contribution < -0.4 is 0 Å². The molecule has 0 saturated carbocycles. The lowest BCUT2D eigenvalue weighted by molar-refractivity contribution is -0.144. The molecule has 1 heterocycles. The van der Waals surface area contributed by atoms with Crippen molar-refractivity contribution < 1.29 is 14.6 Å². The molecular weight excluding hydrogens is 144 g/mol. The van der Waals surface area contributed by atoms with Crippen molar-refractivity contribution in [2.75, 3.05) is 6.61 Å². The molecule has 64 valence electrons. The van der Waals surface area contributed by atoms with Crippen LogP contribution in [-0.2, 0) is 9.53 Å². The van der Waals surface area contributed by atoms with Crippen molar-refractivity contribution in [2.24, 2.45) is 11.8 Å². The van der Waals surface area contributed by atoms with Crippen LogP contribution in [0, 0.1) is 11.8 Å². The lowest BCUT2D eigenvalue weighted by atomic mass is 9.93. The molecule has 1 aliphatic rings. The number of carbonyl (C=O) groups is 1. The Morgan fingerprint density at radius 1 is 1.64 bits per heavy atom. The summed E-state index contributed by atoms with van der Waals surface area (Å²) in [6.07, 6.45) is 0.588. The lowest BCUT2D eigenvalue weighted by Crippen LogP contribution is -2.28. The normalized spacial score (nSPS) is 31.2. The summed E-state index contributed by atoms with van der Waals surface area (Å²) in [4.78, 5) is 10.6. The maximum Gasteiger partial charge on any atom is 0.309 e. The number of rotatable bonds is 2. The molecule has 0 aromatic rings. The monoisotopic (exact) mass is 158 g/mol. The van der Waals surface area contributed by atoms with Gasteiger partial charge in [0.25, 0.3) is 0 Å². The van der Waals surface area contributed by atoms with Crippen LogP contribution in [0.2, 0.25) is 0 Å². The first-order valence-electron chi connectivity index (χ1n) is 3.97. The van der Waals surface area contributed by atoms with E-state index in [1.54, 1.807) is 0 Å². The molecule has 0 spiro atoms. The number of carboxylic acid groups (broad SMARTS) is 1. The Kier molecular flexibility index (Phi) is 2.49. The molecule has 0 amide bonds. The summed E-state index contributed by atoms with van der Waals surface area (Å²) in [6.45, 7) is 4.58. The third-order valence-electron chi connectivity index (χ3n) is 2.11. The minimum Gasteiger partial charge on any atom is -0.481 e. The molecule has 1 saturated heterocycles. The van der Waals surface area contributed by atoms with Crippen LogP contribution in [0.15, 0.2) is 0 Å². The van der Waals surface area contributed by atoms with E-state index in [0.717, 1.165) is 0 Å². The molecule has 1 aliphatic heterocycles. The van der Waals surface area contributed by atoms with Gasteiger partial charge in [-0.3, -0.25) is 4.79 Å². The van der Waals surface area contributed by atoms with Crippen molar-refractivity contribution in [1.82, 2.24) is 0 Å². The highest BCUT2D eigenvalue weighted by molar-refractivity contribution is 5.71. The number of hydrogen-bond acceptors (Lipinski definition) is 2. The van der Waals surface area contributed by atoms with Crippen molar-refractivity contribution in [1.29, 1.82) is 0 Å². The summed E-state index contributed by atoms with van der Waals surface area (Å²) in [5, 5.41) is 8.75. The third kappa shape index (κ3) is 1.71. The average Bonchev–Trinajstić information content (AvgIpc) is 2.32. The number of hydrogen-bond donors (Lipinski definition) is 1. The Morgan fingerprint density at radius 3 is 2.64 bits per heavy atom. The second-order valence-corrected chi connectivity index (χ2v) is 3.31. The Hall–Kier alpha value is -0.570. The van der Waals surface area contributed by atoms with E-state index >= 15 is 0 Å². The van der Waals surface area contributed by atoms with Crippen molar-refractivity contribution in [3.05, 3.63) is 0 Å². The van der Waals surface area contributed by atoms with Crippen LogP contribution in [0.1, 0.15) is 20.3 Å². The van der Waals surface area contributed by atoms with Gasteiger partial charge in [0.2, 0.25) is 0 Å². The summed E-state index contributed by atoms with van der Waals surface area (Å²) < 4.78 is 5.31. The maximum atomic E-state index is 10.6. The molecule has 0 bridgehead atoms. The third-order valence-corrected chi connectivity index (χ3v) is 2.11. The lowest BCUT2D eigenvalue weighted by Gasteiger charge is -2.18. The Bertz CT molecular complexity index is 153. The molecule has 0 aromatic heterocycles. The summed E-state index contributed by atoms with van der Waals surface area (Å²) in [5.41, 5.74) is 0. The van der Waals surface area contributed by atoms with Crippen LogP contribution in [0.4, 0.5) is 0 Å². The Morgan fingerprint density at radius 2 is 2.27 bits per heavy atom. The molecule has 0 radical (unpaired) electrons. The molecule has 1 rings (SSSR count). The van der Waals surface area contributed by atoms with E-state index in [0.29, 0.717) is 18.9 Å². The first kappa shape index (κ1) is 8.53. The molecule has 3 heteroatoms. The highest BCUT2D eigenvalue weighted by Gasteiger charge is 2.35. The van der Waals surface area contributed by atoms with Crippen molar-refractivity contribution in [3.8, 4) is 0 Å². The summed E-state index contributed by atoms with van der Waals surface area (Å²) in [7, 11) is 0. The SMILES string of the molecule is CC(C)C1OCCC1C(=O)O. The van der Waals surface area contributed by atoms with E-state index in [-0.39, 0.29) is 12.0 Å². The van der Waals surface area contributed by atoms with Gasteiger partial charge in [0.05, 0.1) is 12.0 Å². The fourth-order valence-electron chi connectivity index (χ4n) is 1.53. The Labute approximate surface area is 66.4 Å². The van der Waals surface area contributed by atoms with E-state index in [4.69, 9.17) is 9.84 Å². The zero-order chi connectivity index (χ0) is 8.43. The van der Waals surface area contributed by atoms with Gasteiger partial charge in [0, 0.05) is 6.61 Å². The van der Waals surface area contributed by atoms with Crippen LogP contribution in [0.25, 0.3) is 0 Å². The molecule has 2 unspecified atom stereocenters. The Balaban J connectivity index is 2.58. The van der Waals surface area contributed by atoms with E-state index in [1.807, 2.05) is 13.8 Å². The number of carboxylic acids is 1. The maximum absolute atomic E-state index is 10.6. The number of ether oxygens (including phenoxy) is 1. The minimum absolute atomic E-state index is 0.0764. The van der Waals surface area contributed by atoms with Gasteiger partial charge in [-0.15, -0.1) is 0 Å². The highest BCUT2D eigenvalue weighted by atomic mass is 16.5. The minimum atomic E-state index is -0.721. The fraction of sp³-hybridized carbons (Fsp3) is 0.875. The summed E-state index contributed by atoms with van der Waals surface area (Å²) in [6, 6.07) is 0. The molecular formula is C8H14O3. The second kappa shape index (κ2) is 3.22. The van der Waals surface area contributed by atoms with E-state index < -0.39 is 5.97 Å². The van der Waals surface area contributed by atoms with Gasteiger partial charge in [0.1, 0.15) is 0 Å². The quantitative estimate of drug-likeness (QED) is 0.655. The molecule has 3 nitrogen and oxygen atoms in total. The summed E-state index contributed by atoms with van der Waals surface area (Å²) in [5.74, 6) is -0.699. The highest BCUT2D eigenvalue weighted by Crippen LogP contribution is 2.26. The second-order valence-electron chi connectivity index (χ2n) is 3.31. The van der Waals surface area contributed by atoms with Crippen LogP contribution in [0.5, 0.6) is 0 Å². The molecule has 1 N–H and O–H groups in total. The topological polar surface area (TPSA) is 46.5 Å². The largest absolute Gasteiger partial charge is 0.481 e. The van der Waals surface area contributed by atoms with Crippen LogP contribution >= 0.6 is 0 Å². The van der Waals surface area contributed by atoms with Crippen LogP contribution in [0.3, 0.4) is 0 Å². The van der Waals surface area contributed by atoms with Gasteiger partial charge in [-0.2, -0.15) is 0 Å². The molecule has 1 fully saturated rings. The van der Waals surface area contributed by atoms with Crippen LogP contribution in [-0.4, -0.2) is 23.8 Å². The van der Waals surface area contributed by atoms with Gasteiger partial charge >= 0.3 is 5.97 Å². The molecule has 11 heavy (non-hydrogen) atoms. The first-order chi connectivity index (χ1) is 5.13. The predicted molar refractivity (Wildman–Crippen MR) is 40.3 cm³/mol. The van der Waals surface area contributed by atoms with Gasteiger partial charge in [-0.1, -0.05) is 13.8 Å². The first-order valence-corrected chi connectivity index (χ1v) is 3.97. The van der Waals surface area contributed by atoms with Gasteiger partial charge in [0.15, 0.2) is 0 Å². The molecule has 2 atom stereocenters. The van der Waals surface area contributed by atoms with Gasteiger partial charge < -0.3 is 9.84 Å². The smallest absolute Gasteiger partial charge is 0.309 e. The molecule has 0 aromatic carbocycles. The predicted octanol–water partition coefficient (Wildman–Crippen LogP) is 1.13.